The number of ether oxygens (including phenoxy) is 2. The predicted octanol–water partition coefficient (Wildman–Crippen LogP) is 3.07. The fraction of sp³-hybridized carbons (Fsp3) is 0.214. The van der Waals surface area contributed by atoms with Crippen LogP contribution in [0, 0.1) is 6.92 Å². The second kappa shape index (κ2) is 4.87. The van der Waals surface area contributed by atoms with Crippen LogP contribution in [0.15, 0.2) is 36.5 Å². The van der Waals surface area contributed by atoms with Gasteiger partial charge in [-0.25, -0.2) is 0 Å². The van der Waals surface area contributed by atoms with Gasteiger partial charge in [-0.2, -0.15) is 0 Å². The quantitative estimate of drug-likeness (QED) is 0.810. The summed E-state index contributed by atoms with van der Waals surface area (Å²) in [4.78, 5) is 4.19. The van der Waals surface area contributed by atoms with Gasteiger partial charge in [-0.3, -0.25) is 4.98 Å². The van der Waals surface area contributed by atoms with Crippen molar-refractivity contribution in [2.24, 2.45) is 0 Å². The Hall–Kier alpha value is -2.03. The molecule has 0 amide bonds. The maximum absolute atomic E-state index is 5.29. The molecule has 1 aromatic carbocycles. The molecule has 1 heterocycles. The van der Waals surface area contributed by atoms with Crippen LogP contribution in [0.1, 0.15) is 5.69 Å². The van der Waals surface area contributed by atoms with Crippen molar-refractivity contribution >= 4 is 0 Å². The number of rotatable bonds is 3. The van der Waals surface area contributed by atoms with Crippen molar-refractivity contribution in [1.82, 2.24) is 4.98 Å². The molecule has 0 fully saturated rings. The summed E-state index contributed by atoms with van der Waals surface area (Å²) in [6, 6.07) is 9.91. The third-order valence-electron chi connectivity index (χ3n) is 2.61. The number of pyridine rings is 1. The number of nitrogens with zero attached hydrogens (tertiary/aromatic N) is 1. The zero-order valence-corrected chi connectivity index (χ0v) is 10.2. The lowest BCUT2D eigenvalue weighted by molar-refractivity contribution is 0.355. The van der Waals surface area contributed by atoms with E-state index in [9.17, 15) is 0 Å². The van der Waals surface area contributed by atoms with E-state index in [0.717, 1.165) is 28.3 Å². The first-order valence-electron chi connectivity index (χ1n) is 5.39. The van der Waals surface area contributed by atoms with Crippen LogP contribution in [-0.4, -0.2) is 19.2 Å². The Morgan fingerprint density at radius 1 is 0.882 bits per heavy atom. The third kappa shape index (κ3) is 2.38. The van der Waals surface area contributed by atoms with Crippen LogP contribution in [0.2, 0.25) is 0 Å². The summed E-state index contributed by atoms with van der Waals surface area (Å²) < 4.78 is 10.5. The largest absolute Gasteiger partial charge is 0.493 e. The Labute approximate surface area is 101 Å². The summed E-state index contributed by atoms with van der Waals surface area (Å²) in [5, 5.41) is 0. The van der Waals surface area contributed by atoms with Crippen molar-refractivity contribution in [3.63, 3.8) is 0 Å². The molecule has 3 heteroatoms. The van der Waals surface area contributed by atoms with Gasteiger partial charge in [0.25, 0.3) is 0 Å². The van der Waals surface area contributed by atoms with Gasteiger partial charge < -0.3 is 9.47 Å². The minimum absolute atomic E-state index is 0.736. The average Bonchev–Trinajstić information content (AvgIpc) is 2.38. The molecule has 0 saturated carbocycles. The summed E-state index contributed by atoms with van der Waals surface area (Å²) in [5.41, 5.74) is 3.21. The van der Waals surface area contributed by atoms with Gasteiger partial charge in [0.05, 0.1) is 14.2 Å². The topological polar surface area (TPSA) is 31.4 Å². The normalized spacial score (nSPS) is 10.1. The molecular weight excluding hydrogens is 214 g/mol. The first-order valence-corrected chi connectivity index (χ1v) is 5.39. The first kappa shape index (κ1) is 11.5. The van der Waals surface area contributed by atoms with E-state index in [1.165, 1.54) is 0 Å². The summed E-state index contributed by atoms with van der Waals surface area (Å²) in [5.74, 6) is 1.47. The second-order valence-electron chi connectivity index (χ2n) is 3.76. The minimum atomic E-state index is 0.736. The number of hydrogen-bond acceptors (Lipinski definition) is 3. The van der Waals surface area contributed by atoms with Crippen LogP contribution in [-0.2, 0) is 0 Å². The second-order valence-corrected chi connectivity index (χ2v) is 3.76. The molecular formula is C14H15NO2. The fourth-order valence-corrected chi connectivity index (χ4v) is 1.74. The molecule has 2 aromatic rings. The molecule has 17 heavy (non-hydrogen) atoms. The lowest BCUT2D eigenvalue weighted by atomic mass is 10.1. The Morgan fingerprint density at radius 3 is 2.24 bits per heavy atom. The molecule has 0 aliphatic heterocycles. The number of hydrogen-bond donors (Lipinski definition) is 0. The number of aryl methyl sites for hydroxylation is 1. The Bertz CT molecular complexity index is 523. The zero-order valence-electron chi connectivity index (χ0n) is 10.2. The lowest BCUT2D eigenvalue weighted by Crippen LogP contribution is -1.91. The maximum atomic E-state index is 5.29. The van der Waals surface area contributed by atoms with Crippen molar-refractivity contribution in [3.8, 4) is 22.6 Å². The van der Waals surface area contributed by atoms with Crippen molar-refractivity contribution in [3.05, 3.63) is 42.2 Å². The van der Waals surface area contributed by atoms with Crippen LogP contribution >= 0.6 is 0 Å². The van der Waals surface area contributed by atoms with E-state index in [1.807, 2.05) is 37.3 Å². The van der Waals surface area contributed by atoms with E-state index in [2.05, 4.69) is 4.98 Å². The molecule has 0 aliphatic rings. The summed E-state index contributed by atoms with van der Waals surface area (Å²) in [6.07, 6.45) is 1.81. The van der Waals surface area contributed by atoms with Crippen LogP contribution in [0.5, 0.6) is 11.5 Å². The molecule has 3 nitrogen and oxygen atoms in total. The molecule has 0 aliphatic carbocycles. The summed E-state index contributed by atoms with van der Waals surface area (Å²) in [7, 11) is 3.27. The van der Waals surface area contributed by atoms with Gasteiger partial charge in [0.15, 0.2) is 11.5 Å². The molecule has 0 N–H and O–H groups in total. The van der Waals surface area contributed by atoms with Gasteiger partial charge in [-0.1, -0.05) is 6.07 Å². The Kier molecular flexibility index (Phi) is 3.28. The first-order chi connectivity index (χ1) is 8.24. The highest BCUT2D eigenvalue weighted by Crippen LogP contribution is 2.32. The van der Waals surface area contributed by atoms with Gasteiger partial charge in [-0.05, 0) is 42.3 Å². The van der Waals surface area contributed by atoms with Crippen molar-refractivity contribution in [1.29, 1.82) is 0 Å². The summed E-state index contributed by atoms with van der Waals surface area (Å²) in [6.45, 7) is 1.98. The monoisotopic (exact) mass is 229 g/mol. The lowest BCUT2D eigenvalue weighted by Gasteiger charge is -2.09. The number of aromatic nitrogens is 1. The van der Waals surface area contributed by atoms with E-state index in [0.29, 0.717) is 0 Å². The van der Waals surface area contributed by atoms with Crippen LogP contribution in [0.25, 0.3) is 11.1 Å². The Morgan fingerprint density at radius 2 is 1.59 bits per heavy atom. The molecule has 0 saturated heterocycles. The van der Waals surface area contributed by atoms with E-state index in [1.54, 1.807) is 20.4 Å². The third-order valence-corrected chi connectivity index (χ3v) is 2.61. The molecule has 0 atom stereocenters. The number of benzene rings is 1. The smallest absolute Gasteiger partial charge is 0.161 e. The van der Waals surface area contributed by atoms with E-state index >= 15 is 0 Å². The summed E-state index contributed by atoms with van der Waals surface area (Å²) >= 11 is 0. The van der Waals surface area contributed by atoms with Crippen molar-refractivity contribution < 1.29 is 9.47 Å². The fourth-order valence-electron chi connectivity index (χ4n) is 1.74. The van der Waals surface area contributed by atoms with Gasteiger partial charge >= 0.3 is 0 Å². The molecule has 2 rings (SSSR count). The molecule has 1 aromatic heterocycles. The molecule has 0 bridgehead atoms. The van der Waals surface area contributed by atoms with Crippen molar-refractivity contribution in [2.45, 2.75) is 6.92 Å². The van der Waals surface area contributed by atoms with E-state index < -0.39 is 0 Å². The molecule has 0 radical (unpaired) electrons. The van der Waals surface area contributed by atoms with Crippen molar-refractivity contribution in [2.75, 3.05) is 14.2 Å². The molecule has 88 valence electrons. The van der Waals surface area contributed by atoms with Crippen LogP contribution < -0.4 is 9.47 Å². The Balaban J connectivity index is 2.46. The van der Waals surface area contributed by atoms with Gasteiger partial charge in [-0.15, -0.1) is 0 Å². The molecule has 0 spiro atoms. The highest BCUT2D eigenvalue weighted by atomic mass is 16.5. The predicted molar refractivity (Wildman–Crippen MR) is 67.5 cm³/mol. The molecule has 0 unspecified atom stereocenters. The van der Waals surface area contributed by atoms with Crippen LogP contribution in [0.4, 0.5) is 0 Å². The van der Waals surface area contributed by atoms with E-state index in [4.69, 9.17) is 9.47 Å². The highest BCUT2D eigenvalue weighted by Gasteiger charge is 2.06. The number of methoxy groups -OCH3 is 2. The maximum Gasteiger partial charge on any atom is 0.161 e. The minimum Gasteiger partial charge on any atom is -0.493 e. The highest BCUT2D eigenvalue weighted by molar-refractivity contribution is 5.67. The van der Waals surface area contributed by atoms with Gasteiger partial charge in [0.1, 0.15) is 0 Å². The van der Waals surface area contributed by atoms with Gasteiger partial charge in [0, 0.05) is 11.9 Å². The van der Waals surface area contributed by atoms with E-state index in [-0.39, 0.29) is 0 Å². The standard InChI is InChI=1S/C14H15NO2/c1-10-8-12(6-7-15-10)11-4-5-13(16-2)14(9-11)17-3/h4-9H,1-3H3. The SMILES string of the molecule is COc1ccc(-c2ccnc(C)c2)cc1OC. The van der Waals surface area contributed by atoms with Crippen LogP contribution in [0.3, 0.4) is 0 Å². The van der Waals surface area contributed by atoms with Gasteiger partial charge in [0.2, 0.25) is 0 Å². The zero-order chi connectivity index (χ0) is 12.3. The average molecular weight is 229 g/mol.